The largest absolute Gasteiger partial charge is 0.416 e. The fourth-order valence-corrected chi connectivity index (χ4v) is 2.51. The minimum atomic E-state index is -4.29. The minimum absolute atomic E-state index is 0.0153. The number of hydrogen-bond donors (Lipinski definition) is 1. The van der Waals surface area contributed by atoms with Gasteiger partial charge in [0.1, 0.15) is 0 Å². The van der Waals surface area contributed by atoms with Gasteiger partial charge >= 0.3 is 6.18 Å². The molecule has 0 fully saturated rings. The number of allylic oxidation sites excluding steroid dienone is 1. The summed E-state index contributed by atoms with van der Waals surface area (Å²) in [5, 5.41) is 2.72. The number of para-hydroxylation sites is 1. The predicted molar refractivity (Wildman–Crippen MR) is 101 cm³/mol. The molecule has 1 atom stereocenters. The molecular formula is C19H18BClF3NO. The number of fused-ring (bicyclic) bond motifs is 1. The molecule has 1 unspecified atom stereocenters. The number of anilines is 1. The zero-order valence-electron chi connectivity index (χ0n) is 14.2. The van der Waals surface area contributed by atoms with Crippen molar-refractivity contribution < 1.29 is 18.0 Å². The molecule has 2 aromatic rings. The van der Waals surface area contributed by atoms with E-state index < -0.39 is 17.0 Å². The second-order valence-electron chi connectivity index (χ2n) is 5.15. The van der Waals surface area contributed by atoms with Gasteiger partial charge in [0.05, 0.1) is 13.4 Å². The van der Waals surface area contributed by atoms with Gasteiger partial charge in [-0.3, -0.25) is 4.79 Å². The lowest BCUT2D eigenvalue weighted by molar-refractivity contribution is -0.137. The molecule has 0 saturated heterocycles. The van der Waals surface area contributed by atoms with Crippen LogP contribution >= 0.6 is 11.6 Å². The predicted octanol–water partition coefficient (Wildman–Crippen LogP) is 5.40. The van der Waals surface area contributed by atoms with Crippen LogP contribution in [0.3, 0.4) is 0 Å². The molecule has 0 aromatic heterocycles. The molecule has 2 aromatic carbocycles. The molecule has 3 rings (SSSR count). The SMILES string of the molecule is C=CC(=O)Cl.FC(F)(F)c1cccc(C2CNc3ccccc32)c1.[B]C. The summed E-state index contributed by atoms with van der Waals surface area (Å²) in [6.07, 6.45) is -3.25. The van der Waals surface area contributed by atoms with Gasteiger partial charge in [-0.15, -0.1) is 0 Å². The van der Waals surface area contributed by atoms with Crippen LogP contribution in [-0.4, -0.2) is 19.6 Å². The van der Waals surface area contributed by atoms with Crippen LogP contribution in [0, 0.1) is 0 Å². The average molecular weight is 380 g/mol. The van der Waals surface area contributed by atoms with E-state index >= 15 is 0 Å². The Hall–Kier alpha value is -2.21. The van der Waals surface area contributed by atoms with E-state index in [1.54, 1.807) is 6.07 Å². The molecule has 136 valence electrons. The van der Waals surface area contributed by atoms with Gasteiger partial charge in [0.15, 0.2) is 0 Å². The molecule has 7 heteroatoms. The van der Waals surface area contributed by atoms with Crippen LogP contribution in [0.2, 0.25) is 6.82 Å². The molecule has 0 saturated carbocycles. The third kappa shape index (κ3) is 5.95. The Morgan fingerprint density at radius 2 is 1.85 bits per heavy atom. The van der Waals surface area contributed by atoms with E-state index in [4.69, 9.17) is 11.6 Å². The van der Waals surface area contributed by atoms with Gasteiger partial charge < -0.3 is 5.32 Å². The van der Waals surface area contributed by atoms with E-state index in [-0.39, 0.29) is 5.92 Å². The highest BCUT2D eigenvalue weighted by atomic mass is 35.5. The Morgan fingerprint density at radius 3 is 2.42 bits per heavy atom. The van der Waals surface area contributed by atoms with Crippen molar-refractivity contribution in [3.63, 3.8) is 0 Å². The molecule has 0 aliphatic carbocycles. The molecule has 0 bridgehead atoms. The highest BCUT2D eigenvalue weighted by molar-refractivity contribution is 6.66. The highest BCUT2D eigenvalue weighted by Crippen LogP contribution is 2.38. The summed E-state index contributed by atoms with van der Waals surface area (Å²) in [4.78, 5) is 9.46. The molecule has 1 heterocycles. The topological polar surface area (TPSA) is 29.1 Å². The van der Waals surface area contributed by atoms with Crippen molar-refractivity contribution >= 4 is 30.4 Å². The maximum atomic E-state index is 12.7. The third-order valence-electron chi connectivity index (χ3n) is 3.61. The van der Waals surface area contributed by atoms with Crippen LogP contribution in [-0.2, 0) is 11.0 Å². The number of hydrogen-bond acceptors (Lipinski definition) is 2. The van der Waals surface area contributed by atoms with Crippen molar-refractivity contribution in [1.29, 1.82) is 0 Å². The number of carbonyl (C=O) groups is 1. The Labute approximate surface area is 157 Å². The zero-order chi connectivity index (χ0) is 19.7. The molecule has 1 aliphatic rings. The van der Waals surface area contributed by atoms with E-state index in [9.17, 15) is 18.0 Å². The first kappa shape index (κ1) is 21.8. The number of alkyl halides is 3. The summed E-state index contributed by atoms with van der Waals surface area (Å²) < 4.78 is 38.2. The van der Waals surface area contributed by atoms with E-state index in [1.807, 2.05) is 24.3 Å². The maximum Gasteiger partial charge on any atom is 0.416 e. The summed E-state index contributed by atoms with van der Waals surface area (Å²) in [5.74, 6) is -0.0153. The zero-order valence-corrected chi connectivity index (χ0v) is 14.9. The van der Waals surface area contributed by atoms with Crippen LogP contribution in [0.1, 0.15) is 22.6 Å². The molecular weight excluding hydrogens is 361 g/mol. The van der Waals surface area contributed by atoms with Crippen LogP contribution in [0.5, 0.6) is 0 Å². The minimum Gasteiger partial charge on any atom is -0.384 e. The Bertz CT molecular complexity index is 750. The van der Waals surface area contributed by atoms with Gasteiger partial charge in [0.2, 0.25) is 5.24 Å². The normalized spacial score (nSPS) is 14.6. The van der Waals surface area contributed by atoms with E-state index in [0.29, 0.717) is 12.1 Å². The van der Waals surface area contributed by atoms with Crippen LogP contribution in [0.25, 0.3) is 0 Å². The van der Waals surface area contributed by atoms with E-state index in [2.05, 4.69) is 19.7 Å². The second-order valence-corrected chi connectivity index (χ2v) is 5.52. The van der Waals surface area contributed by atoms with Crippen molar-refractivity contribution in [3.05, 3.63) is 77.9 Å². The van der Waals surface area contributed by atoms with Crippen molar-refractivity contribution in [2.75, 3.05) is 11.9 Å². The third-order valence-corrected chi connectivity index (χ3v) is 3.76. The summed E-state index contributed by atoms with van der Waals surface area (Å²) in [6.45, 7) is 5.22. The molecule has 26 heavy (non-hydrogen) atoms. The average Bonchev–Trinajstić information content (AvgIpc) is 3.07. The second kappa shape index (κ2) is 10.1. The Balaban J connectivity index is 0.000000420. The molecule has 2 nitrogen and oxygen atoms in total. The molecule has 0 spiro atoms. The number of nitrogens with one attached hydrogen (secondary N) is 1. The monoisotopic (exact) mass is 379 g/mol. The van der Waals surface area contributed by atoms with Crippen LogP contribution < -0.4 is 5.32 Å². The van der Waals surface area contributed by atoms with Gasteiger partial charge in [-0.2, -0.15) is 13.2 Å². The van der Waals surface area contributed by atoms with Gasteiger partial charge in [0, 0.05) is 18.2 Å². The smallest absolute Gasteiger partial charge is 0.384 e. The van der Waals surface area contributed by atoms with E-state index in [1.165, 1.54) is 19.0 Å². The summed E-state index contributed by atoms with van der Waals surface area (Å²) >= 11 is 4.71. The molecule has 0 amide bonds. The van der Waals surface area contributed by atoms with Crippen molar-refractivity contribution in [2.24, 2.45) is 0 Å². The van der Waals surface area contributed by atoms with Gasteiger partial charge in [0.25, 0.3) is 0 Å². The lowest BCUT2D eigenvalue weighted by atomic mass is 9.92. The summed E-state index contributed by atoms with van der Waals surface area (Å²) in [6, 6.07) is 13.3. The molecule has 1 aliphatic heterocycles. The fourth-order valence-electron chi connectivity index (χ4n) is 2.51. The van der Waals surface area contributed by atoms with Gasteiger partial charge in [-0.05, 0) is 40.9 Å². The first-order valence-corrected chi connectivity index (χ1v) is 8.10. The number of rotatable bonds is 2. The van der Waals surface area contributed by atoms with Crippen molar-refractivity contribution in [3.8, 4) is 0 Å². The molecule has 2 radical (unpaired) electrons. The molecule has 1 N–H and O–H groups in total. The quantitative estimate of drug-likeness (QED) is 0.430. The van der Waals surface area contributed by atoms with Crippen LogP contribution in [0.4, 0.5) is 18.9 Å². The van der Waals surface area contributed by atoms with Crippen LogP contribution in [0.15, 0.2) is 61.2 Å². The number of benzene rings is 2. The first-order valence-electron chi connectivity index (χ1n) is 7.72. The lowest BCUT2D eigenvalue weighted by Crippen LogP contribution is -2.08. The number of halogens is 4. The Kier molecular flexibility index (Phi) is 8.46. The summed E-state index contributed by atoms with van der Waals surface area (Å²) in [7, 11) is 4.50. The summed E-state index contributed by atoms with van der Waals surface area (Å²) in [5.41, 5.74) is 2.17. The first-order chi connectivity index (χ1) is 12.3. The fraction of sp³-hybridized carbons (Fsp3) is 0.211. The van der Waals surface area contributed by atoms with Gasteiger partial charge in [-0.25, -0.2) is 0 Å². The van der Waals surface area contributed by atoms with Gasteiger partial charge in [-0.1, -0.05) is 49.8 Å². The standard InChI is InChI=1S/C15H12F3N.C3H3ClO.CH3B/c16-15(17,18)11-5-3-4-10(8-11)13-9-19-14-7-2-1-6-12(13)14;1-2-3(4)5;1-2/h1-8,13,19H,9H2;2H,1H2;1H3. The van der Waals surface area contributed by atoms with Crippen molar-refractivity contribution in [1.82, 2.24) is 0 Å². The van der Waals surface area contributed by atoms with Crippen molar-refractivity contribution in [2.45, 2.75) is 18.9 Å². The maximum absolute atomic E-state index is 12.7. The highest BCUT2D eigenvalue weighted by Gasteiger charge is 2.32. The Morgan fingerprint density at radius 1 is 1.23 bits per heavy atom. The van der Waals surface area contributed by atoms with E-state index in [0.717, 1.165) is 23.4 Å². The lowest BCUT2D eigenvalue weighted by Gasteiger charge is -2.13. The number of carbonyl (C=O) groups excluding carboxylic acids is 1.